The summed E-state index contributed by atoms with van der Waals surface area (Å²) in [6, 6.07) is -0.0556. The van der Waals surface area contributed by atoms with Gasteiger partial charge in [0.15, 0.2) is 0 Å². The molecule has 0 spiro atoms. The van der Waals surface area contributed by atoms with Crippen molar-refractivity contribution in [1.82, 2.24) is 0 Å². The van der Waals surface area contributed by atoms with Gasteiger partial charge in [-0.2, -0.15) is 0 Å². The molecule has 0 aliphatic rings. The van der Waals surface area contributed by atoms with Gasteiger partial charge < -0.3 is 5.73 Å². The van der Waals surface area contributed by atoms with Crippen LogP contribution in [-0.2, 0) is 4.89 Å². The zero-order valence-corrected chi connectivity index (χ0v) is 5.29. The van der Waals surface area contributed by atoms with Crippen molar-refractivity contribution in [2.75, 3.05) is 6.61 Å². The molecular weight excluding hydrogens is 106 g/mol. The fourth-order valence-electron chi connectivity index (χ4n) is 0.279. The highest BCUT2D eigenvalue weighted by atomic mass is 17.1. The quantitative estimate of drug-likeness (QED) is 0.419. The monoisotopic (exact) mass is 119 g/mol. The van der Waals surface area contributed by atoms with Gasteiger partial charge in [0.05, 0.1) is 6.61 Å². The summed E-state index contributed by atoms with van der Waals surface area (Å²) < 4.78 is 0. The van der Waals surface area contributed by atoms with Crippen molar-refractivity contribution < 1.29 is 10.1 Å². The molecule has 50 valence electrons. The first-order valence-corrected chi connectivity index (χ1v) is 2.70. The topological polar surface area (TPSA) is 55.5 Å². The summed E-state index contributed by atoms with van der Waals surface area (Å²) in [4.78, 5) is 3.84. The lowest BCUT2D eigenvalue weighted by atomic mass is 10.1. The van der Waals surface area contributed by atoms with Gasteiger partial charge in [0.2, 0.25) is 0 Å². The van der Waals surface area contributed by atoms with Gasteiger partial charge in [-0.3, -0.25) is 5.26 Å². The lowest BCUT2D eigenvalue weighted by Gasteiger charge is -2.11. The van der Waals surface area contributed by atoms with Crippen LogP contribution in [-0.4, -0.2) is 17.9 Å². The average molecular weight is 119 g/mol. The summed E-state index contributed by atoms with van der Waals surface area (Å²) in [5, 5.41) is 7.91. The number of rotatable bonds is 3. The Kier molecular flexibility index (Phi) is 3.77. The van der Waals surface area contributed by atoms with E-state index >= 15 is 0 Å². The normalized spacial score (nSPS) is 14.6. The van der Waals surface area contributed by atoms with Crippen molar-refractivity contribution in [3.05, 3.63) is 0 Å². The summed E-state index contributed by atoms with van der Waals surface area (Å²) in [7, 11) is 0. The van der Waals surface area contributed by atoms with Crippen LogP contribution in [0.3, 0.4) is 0 Å². The Hall–Kier alpha value is -0.120. The van der Waals surface area contributed by atoms with E-state index in [-0.39, 0.29) is 12.6 Å². The standard InChI is InChI=1S/C5H13NO2/c1-4(2)5(6)3-8-7/h4-5,7H,3,6H2,1-2H3. The highest BCUT2D eigenvalue weighted by Crippen LogP contribution is 1.96. The van der Waals surface area contributed by atoms with Crippen LogP contribution in [0.1, 0.15) is 13.8 Å². The van der Waals surface area contributed by atoms with Crippen LogP contribution in [0.15, 0.2) is 0 Å². The molecule has 0 amide bonds. The Balaban J connectivity index is 3.17. The maximum Gasteiger partial charge on any atom is 0.0973 e. The molecule has 0 heterocycles. The smallest absolute Gasteiger partial charge is 0.0973 e. The van der Waals surface area contributed by atoms with E-state index in [1.807, 2.05) is 13.8 Å². The van der Waals surface area contributed by atoms with Crippen molar-refractivity contribution in [2.24, 2.45) is 11.7 Å². The van der Waals surface area contributed by atoms with E-state index in [9.17, 15) is 0 Å². The third kappa shape index (κ3) is 2.96. The molecule has 0 fully saturated rings. The Morgan fingerprint density at radius 1 is 1.62 bits per heavy atom. The van der Waals surface area contributed by atoms with E-state index < -0.39 is 0 Å². The van der Waals surface area contributed by atoms with Crippen LogP contribution >= 0.6 is 0 Å². The first-order chi connectivity index (χ1) is 3.68. The van der Waals surface area contributed by atoms with Crippen LogP contribution in [0.2, 0.25) is 0 Å². The molecule has 0 aromatic heterocycles. The molecule has 0 aliphatic carbocycles. The lowest BCUT2D eigenvalue weighted by molar-refractivity contribution is -0.246. The molecule has 0 aromatic carbocycles. The van der Waals surface area contributed by atoms with E-state index in [0.717, 1.165) is 0 Å². The second kappa shape index (κ2) is 3.83. The van der Waals surface area contributed by atoms with Gasteiger partial charge in [0.25, 0.3) is 0 Å². The maximum atomic E-state index is 7.91. The molecule has 0 saturated carbocycles. The zero-order chi connectivity index (χ0) is 6.57. The Morgan fingerprint density at radius 3 is 2.25 bits per heavy atom. The Morgan fingerprint density at radius 2 is 2.12 bits per heavy atom. The minimum absolute atomic E-state index is 0.0556. The van der Waals surface area contributed by atoms with Crippen molar-refractivity contribution >= 4 is 0 Å². The molecular formula is C5H13NO2. The van der Waals surface area contributed by atoms with Gasteiger partial charge in [0, 0.05) is 6.04 Å². The van der Waals surface area contributed by atoms with Gasteiger partial charge in [-0.05, 0) is 5.92 Å². The summed E-state index contributed by atoms with van der Waals surface area (Å²) in [6.45, 7) is 4.17. The predicted octanol–water partition coefficient (Wildman–Crippen LogP) is 0.459. The molecule has 0 saturated heterocycles. The van der Waals surface area contributed by atoms with E-state index in [0.29, 0.717) is 5.92 Å². The molecule has 0 aromatic rings. The summed E-state index contributed by atoms with van der Waals surface area (Å²) in [6.07, 6.45) is 0. The van der Waals surface area contributed by atoms with Gasteiger partial charge >= 0.3 is 0 Å². The molecule has 0 radical (unpaired) electrons. The van der Waals surface area contributed by atoms with Crippen LogP contribution < -0.4 is 5.73 Å². The van der Waals surface area contributed by atoms with Crippen molar-refractivity contribution in [3.8, 4) is 0 Å². The third-order valence-corrected chi connectivity index (χ3v) is 1.12. The fourth-order valence-corrected chi connectivity index (χ4v) is 0.279. The van der Waals surface area contributed by atoms with Gasteiger partial charge in [0.1, 0.15) is 0 Å². The molecule has 1 unspecified atom stereocenters. The molecule has 0 aliphatic heterocycles. The van der Waals surface area contributed by atoms with Crippen molar-refractivity contribution in [1.29, 1.82) is 0 Å². The van der Waals surface area contributed by atoms with Crippen LogP contribution in [0.4, 0.5) is 0 Å². The molecule has 8 heavy (non-hydrogen) atoms. The fraction of sp³-hybridized carbons (Fsp3) is 1.00. The SMILES string of the molecule is CC(C)C(N)COO. The van der Waals surface area contributed by atoms with Crippen LogP contribution in [0.25, 0.3) is 0 Å². The second-order valence-corrected chi connectivity index (χ2v) is 2.20. The minimum Gasteiger partial charge on any atom is -0.325 e. The summed E-state index contributed by atoms with van der Waals surface area (Å²) in [5.74, 6) is 0.363. The number of hydrogen-bond donors (Lipinski definition) is 2. The van der Waals surface area contributed by atoms with Crippen LogP contribution in [0.5, 0.6) is 0 Å². The summed E-state index contributed by atoms with van der Waals surface area (Å²) >= 11 is 0. The van der Waals surface area contributed by atoms with E-state index in [2.05, 4.69) is 4.89 Å². The van der Waals surface area contributed by atoms with Gasteiger partial charge in [-0.1, -0.05) is 13.8 Å². The van der Waals surface area contributed by atoms with E-state index in [1.165, 1.54) is 0 Å². The number of nitrogens with two attached hydrogens (primary N) is 1. The first kappa shape index (κ1) is 7.88. The van der Waals surface area contributed by atoms with Crippen LogP contribution in [0, 0.1) is 5.92 Å². The Labute approximate surface area is 49.4 Å². The average Bonchev–Trinajstić information content (AvgIpc) is 1.67. The van der Waals surface area contributed by atoms with Crippen molar-refractivity contribution in [2.45, 2.75) is 19.9 Å². The molecule has 0 rings (SSSR count). The van der Waals surface area contributed by atoms with E-state index in [1.54, 1.807) is 0 Å². The predicted molar refractivity (Wildman–Crippen MR) is 31.4 cm³/mol. The second-order valence-electron chi connectivity index (χ2n) is 2.20. The van der Waals surface area contributed by atoms with E-state index in [4.69, 9.17) is 11.0 Å². The molecule has 0 bridgehead atoms. The molecule has 1 atom stereocenters. The summed E-state index contributed by atoms with van der Waals surface area (Å²) in [5.41, 5.74) is 5.44. The molecule has 3 heteroatoms. The van der Waals surface area contributed by atoms with Gasteiger partial charge in [-0.25, -0.2) is 4.89 Å². The lowest BCUT2D eigenvalue weighted by Crippen LogP contribution is -2.31. The number of hydrogen-bond acceptors (Lipinski definition) is 3. The third-order valence-electron chi connectivity index (χ3n) is 1.12. The Bertz CT molecular complexity index is 56.4. The largest absolute Gasteiger partial charge is 0.325 e. The highest BCUT2D eigenvalue weighted by Gasteiger charge is 2.05. The maximum absolute atomic E-state index is 7.91. The highest BCUT2D eigenvalue weighted by molar-refractivity contribution is 4.62. The van der Waals surface area contributed by atoms with Crippen molar-refractivity contribution in [3.63, 3.8) is 0 Å². The zero-order valence-electron chi connectivity index (χ0n) is 5.29. The molecule has 3 nitrogen and oxygen atoms in total. The molecule has 3 N–H and O–H groups in total. The van der Waals surface area contributed by atoms with Gasteiger partial charge in [-0.15, -0.1) is 0 Å². The first-order valence-electron chi connectivity index (χ1n) is 2.70. The minimum atomic E-state index is -0.0556.